The number of pyridine rings is 1. The normalized spacial score (nSPS) is 24.2. The molecule has 4 N–H and O–H groups in total. The van der Waals surface area contributed by atoms with Crippen LogP contribution in [0.3, 0.4) is 0 Å². The van der Waals surface area contributed by atoms with E-state index < -0.39 is 18.0 Å². The van der Waals surface area contributed by atoms with Crippen LogP contribution in [0.15, 0.2) is 29.9 Å². The second kappa shape index (κ2) is 7.46. The molecular formula is C21H30N6O3. The van der Waals surface area contributed by atoms with Crippen molar-refractivity contribution in [3.63, 3.8) is 0 Å². The number of anilines is 1. The van der Waals surface area contributed by atoms with Crippen molar-refractivity contribution in [2.45, 2.75) is 58.3 Å². The first-order chi connectivity index (χ1) is 14.2. The molecule has 4 rings (SSSR count). The lowest BCUT2D eigenvalue weighted by molar-refractivity contribution is -0.142. The van der Waals surface area contributed by atoms with Crippen LogP contribution in [-0.4, -0.2) is 57.6 Å². The summed E-state index contributed by atoms with van der Waals surface area (Å²) in [7, 11) is 1.84. The number of aromatic nitrogens is 1. The van der Waals surface area contributed by atoms with Crippen molar-refractivity contribution in [2.24, 2.45) is 5.41 Å². The first kappa shape index (κ1) is 20.5. The molecule has 3 aliphatic rings. The summed E-state index contributed by atoms with van der Waals surface area (Å²) < 4.78 is 0. The number of hydrogen-bond acceptors (Lipinski definition) is 7. The zero-order valence-electron chi connectivity index (χ0n) is 17.9. The fourth-order valence-corrected chi connectivity index (χ4v) is 4.07. The molecule has 162 valence electrons. The van der Waals surface area contributed by atoms with Gasteiger partial charge in [-0.2, -0.15) is 0 Å². The minimum absolute atomic E-state index is 0.0901. The van der Waals surface area contributed by atoms with Crippen molar-refractivity contribution in [3.8, 4) is 0 Å². The van der Waals surface area contributed by atoms with Crippen LogP contribution in [0.2, 0.25) is 0 Å². The van der Waals surface area contributed by atoms with E-state index in [0.717, 1.165) is 24.1 Å². The van der Waals surface area contributed by atoms with Gasteiger partial charge in [-0.25, -0.2) is 10.4 Å². The molecule has 0 radical (unpaired) electrons. The van der Waals surface area contributed by atoms with Gasteiger partial charge in [0.1, 0.15) is 6.17 Å². The van der Waals surface area contributed by atoms with Gasteiger partial charge in [-0.3, -0.25) is 14.6 Å². The third-order valence-corrected chi connectivity index (χ3v) is 5.61. The molecule has 9 nitrogen and oxygen atoms in total. The van der Waals surface area contributed by atoms with E-state index in [4.69, 9.17) is 0 Å². The first-order valence-electron chi connectivity index (χ1n) is 10.4. The summed E-state index contributed by atoms with van der Waals surface area (Å²) in [6.45, 7) is 6.68. The minimum Gasteiger partial charge on any atom is -0.494 e. The van der Waals surface area contributed by atoms with Gasteiger partial charge in [0.25, 0.3) is 11.8 Å². The molecule has 1 aromatic rings. The molecule has 2 amide bonds. The number of nitrogens with one attached hydrogen (secondary N) is 3. The van der Waals surface area contributed by atoms with Crippen LogP contribution in [-0.2, 0) is 9.59 Å². The third-order valence-electron chi connectivity index (χ3n) is 5.61. The van der Waals surface area contributed by atoms with Crippen molar-refractivity contribution >= 4 is 17.5 Å². The van der Waals surface area contributed by atoms with Crippen molar-refractivity contribution in [1.82, 2.24) is 25.6 Å². The van der Waals surface area contributed by atoms with Gasteiger partial charge in [0, 0.05) is 49.7 Å². The Balaban J connectivity index is 1.68. The van der Waals surface area contributed by atoms with Crippen molar-refractivity contribution < 1.29 is 14.7 Å². The number of fused-ring (bicyclic) bond motifs is 1. The molecule has 2 aliphatic heterocycles. The molecule has 1 saturated heterocycles. The van der Waals surface area contributed by atoms with Crippen LogP contribution < -0.4 is 16.1 Å². The van der Waals surface area contributed by atoms with E-state index in [2.05, 4.69) is 41.8 Å². The highest BCUT2D eigenvalue weighted by atomic mass is 16.3. The Bertz CT molecular complexity index is 889. The molecule has 0 bridgehead atoms. The van der Waals surface area contributed by atoms with Gasteiger partial charge in [0.2, 0.25) is 5.88 Å². The van der Waals surface area contributed by atoms with Crippen LogP contribution in [0.5, 0.6) is 0 Å². The maximum atomic E-state index is 13.2. The fourth-order valence-electron chi connectivity index (χ4n) is 4.07. The van der Waals surface area contributed by atoms with Crippen LogP contribution in [0, 0.1) is 5.41 Å². The van der Waals surface area contributed by atoms with E-state index in [0.29, 0.717) is 13.0 Å². The number of hydrogen-bond donors (Lipinski definition) is 4. The molecule has 0 spiro atoms. The Morgan fingerprint density at radius 1 is 1.37 bits per heavy atom. The zero-order chi connectivity index (χ0) is 21.6. The molecule has 1 aromatic heterocycles. The number of rotatable bonds is 5. The lowest BCUT2D eigenvalue weighted by Gasteiger charge is -2.42. The van der Waals surface area contributed by atoms with Crippen LogP contribution in [0.4, 0.5) is 5.69 Å². The molecule has 2 fully saturated rings. The summed E-state index contributed by atoms with van der Waals surface area (Å²) in [5.41, 5.74) is 4.76. The van der Waals surface area contributed by atoms with E-state index >= 15 is 0 Å². The van der Waals surface area contributed by atoms with Crippen LogP contribution >= 0.6 is 0 Å². The van der Waals surface area contributed by atoms with Crippen LogP contribution in [0.1, 0.15) is 51.6 Å². The molecular weight excluding hydrogens is 384 g/mol. The van der Waals surface area contributed by atoms with E-state index in [1.807, 2.05) is 13.1 Å². The van der Waals surface area contributed by atoms with Gasteiger partial charge >= 0.3 is 0 Å². The van der Waals surface area contributed by atoms with Gasteiger partial charge in [-0.1, -0.05) is 20.8 Å². The Morgan fingerprint density at radius 2 is 2.10 bits per heavy atom. The number of carbonyl (C=O) groups excluding carboxylic acids is 2. The minimum atomic E-state index is -0.514. The smallest absolute Gasteiger partial charge is 0.280 e. The molecule has 1 saturated carbocycles. The summed E-state index contributed by atoms with van der Waals surface area (Å²) in [5.74, 6) is -1.25. The number of carbonyl (C=O) groups is 2. The van der Waals surface area contributed by atoms with Crippen molar-refractivity contribution in [1.29, 1.82) is 0 Å². The molecule has 3 heterocycles. The van der Waals surface area contributed by atoms with E-state index in [-0.39, 0.29) is 29.0 Å². The van der Waals surface area contributed by atoms with Gasteiger partial charge in [0.15, 0.2) is 5.57 Å². The monoisotopic (exact) mass is 414 g/mol. The average Bonchev–Trinajstić information content (AvgIpc) is 3.38. The van der Waals surface area contributed by atoms with E-state index in [1.165, 1.54) is 5.01 Å². The maximum Gasteiger partial charge on any atom is 0.280 e. The maximum absolute atomic E-state index is 13.2. The molecule has 2 unspecified atom stereocenters. The second-order valence-electron chi connectivity index (χ2n) is 9.42. The summed E-state index contributed by atoms with van der Waals surface area (Å²) in [4.78, 5) is 32.0. The Morgan fingerprint density at radius 3 is 2.73 bits per heavy atom. The number of nitrogens with zero attached hydrogens (tertiary/aromatic N) is 3. The Hall–Kier alpha value is -2.81. The molecule has 30 heavy (non-hydrogen) atoms. The largest absolute Gasteiger partial charge is 0.494 e. The van der Waals surface area contributed by atoms with E-state index in [9.17, 15) is 14.7 Å². The predicted molar refractivity (Wildman–Crippen MR) is 112 cm³/mol. The summed E-state index contributed by atoms with van der Waals surface area (Å²) in [6, 6.07) is 1.79. The molecule has 9 heteroatoms. The average molecular weight is 415 g/mol. The van der Waals surface area contributed by atoms with Gasteiger partial charge in [-0.15, -0.1) is 0 Å². The highest BCUT2D eigenvalue weighted by Gasteiger charge is 2.49. The molecule has 0 aromatic carbocycles. The molecule has 2 atom stereocenters. The van der Waals surface area contributed by atoms with Crippen LogP contribution in [0.25, 0.3) is 0 Å². The number of amides is 2. The van der Waals surface area contributed by atoms with Crippen molar-refractivity contribution in [2.75, 3.05) is 18.9 Å². The summed E-state index contributed by atoms with van der Waals surface area (Å²) in [5, 5.41) is 18.5. The van der Waals surface area contributed by atoms with Gasteiger partial charge < -0.3 is 20.6 Å². The number of aliphatic hydroxyl groups is 1. The number of hydrazine groups is 1. The van der Waals surface area contributed by atoms with Crippen molar-refractivity contribution in [3.05, 3.63) is 35.5 Å². The SMILES string of the molecule is CNc1ccncc1C1CC2N(CC(C)(C)C)C(O)=C(C(=O)NC3CC3)C(=O)N2N1. The number of aliphatic hydroxyl groups excluding tert-OH is 1. The Kier molecular flexibility index (Phi) is 5.09. The fraction of sp³-hybridized carbons (Fsp3) is 0.571. The predicted octanol–water partition coefficient (Wildman–Crippen LogP) is 1.64. The standard InChI is InChI=1S/C21H30N6O3/c1-21(2,3)11-26-16-9-15(13-10-23-8-7-14(13)22-4)25-27(16)20(30)17(19(26)29)18(28)24-12-5-6-12/h7-8,10,12,15-16,25,29H,5-6,9,11H2,1-4H3,(H,22,23)(H,24,28). The lowest BCUT2D eigenvalue weighted by Crippen LogP contribution is -2.58. The lowest BCUT2D eigenvalue weighted by atomic mass is 9.94. The molecule has 1 aliphatic carbocycles. The first-order valence-corrected chi connectivity index (χ1v) is 10.4. The summed E-state index contributed by atoms with van der Waals surface area (Å²) in [6.07, 6.45) is 5.45. The Labute approximate surface area is 176 Å². The summed E-state index contributed by atoms with van der Waals surface area (Å²) >= 11 is 0. The van der Waals surface area contributed by atoms with Gasteiger partial charge in [0.05, 0.1) is 6.04 Å². The highest BCUT2D eigenvalue weighted by Crippen LogP contribution is 2.38. The quantitative estimate of drug-likeness (QED) is 0.542. The van der Waals surface area contributed by atoms with E-state index in [1.54, 1.807) is 17.3 Å². The van der Waals surface area contributed by atoms with Gasteiger partial charge in [-0.05, 0) is 24.3 Å². The third kappa shape index (κ3) is 3.81. The zero-order valence-corrected chi connectivity index (χ0v) is 17.9. The topological polar surface area (TPSA) is 110 Å². The second-order valence-corrected chi connectivity index (χ2v) is 9.42. The highest BCUT2D eigenvalue weighted by molar-refractivity contribution is 6.19.